The van der Waals surface area contributed by atoms with Crippen LogP contribution in [0.15, 0.2) is 30.3 Å². The fraction of sp³-hybridized carbons (Fsp3) is 0.500. The van der Waals surface area contributed by atoms with Crippen LogP contribution in [-0.2, 0) is 6.54 Å². The van der Waals surface area contributed by atoms with Crippen LogP contribution < -0.4 is 0 Å². The van der Waals surface area contributed by atoms with Crippen LogP contribution in [0.4, 0.5) is 0 Å². The molecular weight excluding hydrogens is 254 g/mol. The first-order valence-corrected chi connectivity index (χ1v) is 6.91. The van der Waals surface area contributed by atoms with Crippen molar-refractivity contribution in [2.24, 2.45) is 0 Å². The van der Waals surface area contributed by atoms with Crippen molar-refractivity contribution in [2.75, 3.05) is 13.1 Å². The molecule has 0 bridgehead atoms. The van der Waals surface area contributed by atoms with Crippen LogP contribution in [0.2, 0.25) is 0 Å². The molecule has 1 aliphatic rings. The molecule has 0 saturated carbocycles. The predicted octanol–water partition coefficient (Wildman–Crippen LogP) is 1.01. The lowest BCUT2D eigenvalue weighted by Crippen LogP contribution is -2.42. The van der Waals surface area contributed by atoms with Gasteiger partial charge in [-0.2, -0.15) is 4.68 Å². The minimum atomic E-state index is -0.526. The summed E-state index contributed by atoms with van der Waals surface area (Å²) in [6.07, 6.45) is 1.58. The maximum Gasteiger partial charge on any atom is 0.170 e. The minimum Gasteiger partial charge on any atom is -0.390 e. The number of aromatic nitrogens is 4. The zero-order chi connectivity index (χ0) is 14.0. The van der Waals surface area contributed by atoms with E-state index >= 15 is 0 Å². The first kappa shape index (κ1) is 13.2. The van der Waals surface area contributed by atoms with Gasteiger partial charge in [0.1, 0.15) is 0 Å². The van der Waals surface area contributed by atoms with Gasteiger partial charge in [-0.3, -0.25) is 4.90 Å². The molecule has 0 radical (unpaired) electrons. The van der Waals surface area contributed by atoms with E-state index in [-0.39, 0.29) is 0 Å². The fourth-order valence-electron chi connectivity index (χ4n) is 2.47. The number of para-hydroxylation sites is 1. The summed E-state index contributed by atoms with van der Waals surface area (Å²) in [6, 6.07) is 9.89. The second-order valence-corrected chi connectivity index (χ2v) is 5.62. The number of hydrogen-bond donors (Lipinski definition) is 1. The van der Waals surface area contributed by atoms with Crippen LogP contribution in [0.1, 0.15) is 25.6 Å². The number of piperidine rings is 1. The van der Waals surface area contributed by atoms with Gasteiger partial charge in [0.2, 0.25) is 0 Å². The third-order valence-electron chi connectivity index (χ3n) is 3.83. The molecule has 1 saturated heterocycles. The molecule has 1 fully saturated rings. The van der Waals surface area contributed by atoms with E-state index < -0.39 is 5.60 Å². The first-order chi connectivity index (χ1) is 9.64. The van der Waals surface area contributed by atoms with E-state index in [0.717, 1.165) is 37.4 Å². The summed E-state index contributed by atoms with van der Waals surface area (Å²) < 4.78 is 1.77. The highest BCUT2D eigenvalue weighted by Gasteiger charge is 2.28. The molecule has 20 heavy (non-hydrogen) atoms. The third kappa shape index (κ3) is 2.86. The topological polar surface area (TPSA) is 67.1 Å². The number of rotatable bonds is 3. The van der Waals surface area contributed by atoms with Crippen molar-refractivity contribution < 1.29 is 5.11 Å². The zero-order valence-corrected chi connectivity index (χ0v) is 11.6. The van der Waals surface area contributed by atoms with Gasteiger partial charge in [-0.05, 0) is 42.3 Å². The number of aliphatic hydroxyl groups is 1. The van der Waals surface area contributed by atoms with Gasteiger partial charge in [-0.1, -0.05) is 18.2 Å². The van der Waals surface area contributed by atoms with Crippen LogP contribution >= 0.6 is 0 Å². The molecule has 2 heterocycles. The smallest absolute Gasteiger partial charge is 0.170 e. The van der Waals surface area contributed by atoms with E-state index in [1.165, 1.54) is 0 Å². The average molecular weight is 273 g/mol. The molecule has 1 aliphatic heterocycles. The molecule has 0 amide bonds. The number of likely N-dealkylation sites (tertiary alicyclic amines) is 1. The Labute approximate surface area is 118 Å². The molecule has 1 aromatic heterocycles. The summed E-state index contributed by atoms with van der Waals surface area (Å²) in [4.78, 5) is 2.28. The molecule has 1 aromatic carbocycles. The van der Waals surface area contributed by atoms with Crippen molar-refractivity contribution in [3.8, 4) is 5.69 Å². The first-order valence-electron chi connectivity index (χ1n) is 6.91. The maximum absolute atomic E-state index is 9.98. The van der Waals surface area contributed by atoms with E-state index in [1.54, 1.807) is 4.68 Å². The highest BCUT2D eigenvalue weighted by Crippen LogP contribution is 2.22. The molecule has 0 atom stereocenters. The Morgan fingerprint density at radius 1 is 1.20 bits per heavy atom. The Bertz CT molecular complexity index is 556. The predicted molar refractivity (Wildman–Crippen MR) is 74.3 cm³/mol. The molecule has 2 aromatic rings. The van der Waals surface area contributed by atoms with Gasteiger partial charge in [0, 0.05) is 13.1 Å². The monoisotopic (exact) mass is 273 g/mol. The number of hydrogen-bond acceptors (Lipinski definition) is 5. The second kappa shape index (κ2) is 5.30. The number of nitrogens with zero attached hydrogens (tertiary/aromatic N) is 5. The summed E-state index contributed by atoms with van der Waals surface area (Å²) >= 11 is 0. The Hall–Kier alpha value is -1.79. The highest BCUT2D eigenvalue weighted by molar-refractivity contribution is 5.30. The van der Waals surface area contributed by atoms with Crippen molar-refractivity contribution in [3.63, 3.8) is 0 Å². The van der Waals surface area contributed by atoms with Crippen LogP contribution in [-0.4, -0.2) is 48.9 Å². The zero-order valence-electron chi connectivity index (χ0n) is 11.6. The average Bonchev–Trinajstić information content (AvgIpc) is 2.90. The largest absolute Gasteiger partial charge is 0.390 e. The van der Waals surface area contributed by atoms with E-state index in [0.29, 0.717) is 6.54 Å². The second-order valence-electron chi connectivity index (χ2n) is 5.62. The van der Waals surface area contributed by atoms with E-state index in [1.807, 2.05) is 37.3 Å². The van der Waals surface area contributed by atoms with Crippen molar-refractivity contribution in [1.82, 2.24) is 25.1 Å². The summed E-state index contributed by atoms with van der Waals surface area (Å²) in [6.45, 7) is 4.35. The number of tetrazole rings is 1. The standard InChI is InChI=1S/C14H19N5O/c1-14(20)7-9-18(10-8-14)11-13-15-16-17-19(13)12-5-3-2-4-6-12/h2-6,20H,7-11H2,1H3. The van der Waals surface area contributed by atoms with Crippen molar-refractivity contribution >= 4 is 0 Å². The summed E-state index contributed by atoms with van der Waals surface area (Å²) in [7, 11) is 0. The molecule has 106 valence electrons. The van der Waals surface area contributed by atoms with Crippen molar-refractivity contribution in [1.29, 1.82) is 0 Å². The van der Waals surface area contributed by atoms with Gasteiger partial charge >= 0.3 is 0 Å². The van der Waals surface area contributed by atoms with Gasteiger partial charge < -0.3 is 5.11 Å². The maximum atomic E-state index is 9.98. The lowest BCUT2D eigenvalue weighted by molar-refractivity contribution is -0.00802. The molecule has 0 unspecified atom stereocenters. The van der Waals surface area contributed by atoms with Gasteiger partial charge in [0.25, 0.3) is 0 Å². The minimum absolute atomic E-state index is 0.526. The molecule has 6 heteroatoms. The molecule has 6 nitrogen and oxygen atoms in total. The molecule has 0 aliphatic carbocycles. The Morgan fingerprint density at radius 3 is 2.60 bits per heavy atom. The lowest BCUT2D eigenvalue weighted by Gasteiger charge is -2.35. The van der Waals surface area contributed by atoms with Crippen LogP contribution in [0, 0.1) is 0 Å². The summed E-state index contributed by atoms with van der Waals surface area (Å²) in [5, 5.41) is 21.9. The third-order valence-corrected chi connectivity index (χ3v) is 3.83. The fourth-order valence-corrected chi connectivity index (χ4v) is 2.47. The SMILES string of the molecule is CC1(O)CCN(Cc2nnnn2-c2ccccc2)CC1. The van der Waals surface area contributed by atoms with Gasteiger partial charge in [0.05, 0.1) is 17.8 Å². The lowest BCUT2D eigenvalue weighted by atomic mass is 9.94. The summed E-state index contributed by atoms with van der Waals surface area (Å²) in [5.74, 6) is 0.831. The Morgan fingerprint density at radius 2 is 1.90 bits per heavy atom. The van der Waals surface area contributed by atoms with E-state index in [9.17, 15) is 5.11 Å². The van der Waals surface area contributed by atoms with Crippen LogP contribution in [0.25, 0.3) is 5.69 Å². The van der Waals surface area contributed by atoms with Crippen molar-refractivity contribution in [3.05, 3.63) is 36.2 Å². The van der Waals surface area contributed by atoms with Gasteiger partial charge in [-0.25, -0.2) is 0 Å². The van der Waals surface area contributed by atoms with Crippen LogP contribution in [0.5, 0.6) is 0 Å². The Balaban J connectivity index is 1.72. The van der Waals surface area contributed by atoms with E-state index in [2.05, 4.69) is 20.4 Å². The summed E-state index contributed by atoms with van der Waals surface area (Å²) in [5.41, 5.74) is 0.443. The molecule has 3 rings (SSSR count). The van der Waals surface area contributed by atoms with Gasteiger partial charge in [0.15, 0.2) is 5.82 Å². The molecular formula is C14H19N5O. The normalized spacial score (nSPS) is 19.1. The van der Waals surface area contributed by atoms with Crippen molar-refractivity contribution in [2.45, 2.75) is 31.9 Å². The Kier molecular flexibility index (Phi) is 3.50. The van der Waals surface area contributed by atoms with Gasteiger partial charge in [-0.15, -0.1) is 5.10 Å². The number of benzene rings is 1. The molecule has 1 N–H and O–H groups in total. The quantitative estimate of drug-likeness (QED) is 0.904. The van der Waals surface area contributed by atoms with Crippen LogP contribution in [0.3, 0.4) is 0 Å². The van der Waals surface area contributed by atoms with E-state index in [4.69, 9.17) is 0 Å². The highest BCUT2D eigenvalue weighted by atomic mass is 16.3. The molecule has 0 spiro atoms.